The van der Waals surface area contributed by atoms with Crippen molar-refractivity contribution >= 4 is 6.21 Å². The molecule has 0 radical (unpaired) electrons. The zero-order valence-corrected chi connectivity index (χ0v) is 9.73. The van der Waals surface area contributed by atoms with Crippen molar-refractivity contribution in [3.63, 3.8) is 0 Å². The van der Waals surface area contributed by atoms with E-state index in [0.29, 0.717) is 6.54 Å². The molecule has 0 spiro atoms. The van der Waals surface area contributed by atoms with Gasteiger partial charge in [-0.15, -0.1) is 0 Å². The van der Waals surface area contributed by atoms with Crippen molar-refractivity contribution in [3.8, 4) is 0 Å². The van der Waals surface area contributed by atoms with E-state index in [1.165, 1.54) is 17.7 Å². The van der Waals surface area contributed by atoms with Gasteiger partial charge >= 0.3 is 0 Å². The van der Waals surface area contributed by atoms with E-state index in [4.69, 9.17) is 0 Å². The van der Waals surface area contributed by atoms with Gasteiger partial charge in [0.1, 0.15) is 5.82 Å². The number of halogens is 1. The average molecular weight is 227 g/mol. The Kier molecular flexibility index (Phi) is 3.66. The van der Waals surface area contributed by atoms with Crippen LogP contribution in [0.3, 0.4) is 0 Å². The van der Waals surface area contributed by atoms with E-state index in [2.05, 4.69) is 24.0 Å². The molecule has 2 aromatic rings. The predicted molar refractivity (Wildman–Crippen MR) is 68.9 cm³/mol. The minimum Gasteiger partial charge on any atom is -0.288 e. The molecule has 0 aromatic heterocycles. The summed E-state index contributed by atoms with van der Waals surface area (Å²) in [4.78, 5) is 4.32. The van der Waals surface area contributed by atoms with Gasteiger partial charge in [-0.3, -0.25) is 4.99 Å². The van der Waals surface area contributed by atoms with Crippen LogP contribution < -0.4 is 0 Å². The molecule has 0 bridgehead atoms. The maximum atomic E-state index is 12.7. The molecule has 2 heteroatoms. The number of rotatable bonds is 3. The number of hydrogen-bond acceptors (Lipinski definition) is 1. The van der Waals surface area contributed by atoms with Gasteiger partial charge in [-0.2, -0.15) is 0 Å². The second-order valence-corrected chi connectivity index (χ2v) is 4.01. The van der Waals surface area contributed by atoms with Crippen LogP contribution in [-0.4, -0.2) is 6.21 Å². The summed E-state index contributed by atoms with van der Waals surface area (Å²) in [5.41, 5.74) is 3.33. The molecule has 0 saturated carbocycles. The molecule has 0 aliphatic carbocycles. The summed E-state index contributed by atoms with van der Waals surface area (Å²) in [5, 5.41) is 0. The van der Waals surface area contributed by atoms with Gasteiger partial charge in [0.25, 0.3) is 0 Å². The number of benzene rings is 2. The van der Waals surface area contributed by atoms with Crippen LogP contribution in [0.15, 0.2) is 53.5 Å². The quantitative estimate of drug-likeness (QED) is 0.708. The van der Waals surface area contributed by atoms with Crippen LogP contribution in [0.5, 0.6) is 0 Å². The molecule has 0 fully saturated rings. The van der Waals surface area contributed by atoms with E-state index in [-0.39, 0.29) is 5.82 Å². The van der Waals surface area contributed by atoms with E-state index in [1.54, 1.807) is 12.1 Å². The van der Waals surface area contributed by atoms with Crippen LogP contribution in [0.4, 0.5) is 4.39 Å². The Bertz CT molecular complexity index is 497. The van der Waals surface area contributed by atoms with Gasteiger partial charge in [-0.1, -0.05) is 42.0 Å². The maximum absolute atomic E-state index is 12.7. The lowest BCUT2D eigenvalue weighted by Gasteiger charge is -1.97. The Balaban J connectivity index is 1.97. The standard InChI is InChI=1S/C15H14FN/c1-12-2-4-13(5-3-12)10-17-11-14-6-8-15(16)9-7-14/h2-10H,11H2,1H3. The number of hydrogen-bond donors (Lipinski definition) is 0. The van der Waals surface area contributed by atoms with Crippen molar-refractivity contribution in [2.24, 2.45) is 4.99 Å². The van der Waals surface area contributed by atoms with Gasteiger partial charge in [0, 0.05) is 6.21 Å². The molecule has 0 saturated heterocycles. The van der Waals surface area contributed by atoms with Crippen molar-refractivity contribution < 1.29 is 4.39 Å². The van der Waals surface area contributed by atoms with E-state index < -0.39 is 0 Å². The Morgan fingerprint density at radius 3 is 2.29 bits per heavy atom. The van der Waals surface area contributed by atoms with Crippen LogP contribution >= 0.6 is 0 Å². The first-order valence-corrected chi connectivity index (χ1v) is 5.55. The van der Waals surface area contributed by atoms with Crippen LogP contribution in [0.2, 0.25) is 0 Å². The van der Waals surface area contributed by atoms with E-state index in [1.807, 2.05) is 18.3 Å². The molecule has 0 heterocycles. The Labute approximate surface area is 101 Å². The Hall–Kier alpha value is -1.96. The molecule has 17 heavy (non-hydrogen) atoms. The molecule has 0 unspecified atom stereocenters. The molecule has 1 nitrogen and oxygen atoms in total. The van der Waals surface area contributed by atoms with E-state index in [9.17, 15) is 4.39 Å². The van der Waals surface area contributed by atoms with Gasteiger partial charge < -0.3 is 0 Å². The first-order valence-electron chi connectivity index (χ1n) is 5.55. The lowest BCUT2D eigenvalue weighted by molar-refractivity contribution is 0.627. The SMILES string of the molecule is Cc1ccc(C=NCc2ccc(F)cc2)cc1. The average Bonchev–Trinajstić information content (AvgIpc) is 2.34. The van der Waals surface area contributed by atoms with Crippen molar-refractivity contribution in [1.29, 1.82) is 0 Å². The zero-order chi connectivity index (χ0) is 12.1. The summed E-state index contributed by atoms with van der Waals surface area (Å²) in [6.07, 6.45) is 1.84. The smallest absolute Gasteiger partial charge is 0.123 e. The summed E-state index contributed by atoms with van der Waals surface area (Å²) < 4.78 is 12.7. The van der Waals surface area contributed by atoms with Gasteiger partial charge in [-0.05, 0) is 30.2 Å². The summed E-state index contributed by atoms with van der Waals surface area (Å²) in [6.45, 7) is 2.63. The topological polar surface area (TPSA) is 12.4 Å². The predicted octanol–water partition coefficient (Wildman–Crippen LogP) is 3.75. The first-order chi connectivity index (χ1) is 8.24. The van der Waals surface area contributed by atoms with Crippen molar-refractivity contribution in [1.82, 2.24) is 0 Å². The molecule has 0 amide bonds. The summed E-state index contributed by atoms with van der Waals surface area (Å²) >= 11 is 0. The molecule has 0 atom stereocenters. The normalized spacial score (nSPS) is 10.9. The van der Waals surface area contributed by atoms with Gasteiger partial charge in [0.05, 0.1) is 6.54 Å². The monoisotopic (exact) mass is 227 g/mol. The first kappa shape index (κ1) is 11.5. The van der Waals surface area contributed by atoms with Crippen LogP contribution in [0, 0.1) is 12.7 Å². The molecule has 86 valence electrons. The summed E-state index contributed by atoms with van der Waals surface area (Å²) in [7, 11) is 0. The van der Waals surface area contributed by atoms with E-state index in [0.717, 1.165) is 11.1 Å². The lowest BCUT2D eigenvalue weighted by Crippen LogP contribution is -1.85. The Morgan fingerprint density at radius 1 is 1.00 bits per heavy atom. The largest absolute Gasteiger partial charge is 0.288 e. The van der Waals surface area contributed by atoms with Gasteiger partial charge in [-0.25, -0.2) is 4.39 Å². The molecule has 0 N–H and O–H groups in total. The fourth-order valence-electron chi connectivity index (χ4n) is 1.50. The highest BCUT2D eigenvalue weighted by Crippen LogP contribution is 2.05. The molecular weight excluding hydrogens is 213 g/mol. The van der Waals surface area contributed by atoms with Crippen molar-refractivity contribution in [2.45, 2.75) is 13.5 Å². The minimum absolute atomic E-state index is 0.212. The maximum Gasteiger partial charge on any atom is 0.123 e. The van der Waals surface area contributed by atoms with Gasteiger partial charge in [0.2, 0.25) is 0 Å². The molecule has 0 aliphatic rings. The molecule has 2 aromatic carbocycles. The third-order valence-corrected chi connectivity index (χ3v) is 2.50. The second-order valence-electron chi connectivity index (χ2n) is 4.01. The fraction of sp³-hybridized carbons (Fsp3) is 0.133. The van der Waals surface area contributed by atoms with Gasteiger partial charge in [0.15, 0.2) is 0 Å². The molecular formula is C15H14FN. The van der Waals surface area contributed by atoms with E-state index >= 15 is 0 Å². The highest BCUT2D eigenvalue weighted by atomic mass is 19.1. The highest BCUT2D eigenvalue weighted by Gasteiger charge is 1.92. The lowest BCUT2D eigenvalue weighted by atomic mass is 10.2. The third-order valence-electron chi connectivity index (χ3n) is 2.50. The highest BCUT2D eigenvalue weighted by molar-refractivity contribution is 5.79. The summed E-state index contributed by atoms with van der Waals surface area (Å²) in [5.74, 6) is -0.212. The summed E-state index contributed by atoms with van der Waals surface area (Å²) in [6, 6.07) is 14.6. The fourth-order valence-corrected chi connectivity index (χ4v) is 1.50. The number of aryl methyl sites for hydroxylation is 1. The molecule has 2 rings (SSSR count). The van der Waals surface area contributed by atoms with Crippen LogP contribution in [-0.2, 0) is 6.54 Å². The van der Waals surface area contributed by atoms with Crippen molar-refractivity contribution in [3.05, 3.63) is 71.0 Å². The van der Waals surface area contributed by atoms with Crippen LogP contribution in [0.1, 0.15) is 16.7 Å². The second kappa shape index (κ2) is 5.39. The Morgan fingerprint density at radius 2 is 1.65 bits per heavy atom. The zero-order valence-electron chi connectivity index (χ0n) is 9.73. The van der Waals surface area contributed by atoms with Crippen LogP contribution in [0.25, 0.3) is 0 Å². The molecule has 0 aliphatic heterocycles. The number of aliphatic imine (C=N–C) groups is 1. The minimum atomic E-state index is -0.212. The van der Waals surface area contributed by atoms with Crippen molar-refractivity contribution in [2.75, 3.05) is 0 Å². The third kappa shape index (κ3) is 3.52. The number of nitrogens with zero attached hydrogens (tertiary/aromatic N) is 1.